The molecule has 1 aliphatic heterocycles. The van der Waals surface area contributed by atoms with E-state index in [0.29, 0.717) is 31.9 Å². The summed E-state index contributed by atoms with van der Waals surface area (Å²) in [6, 6.07) is 5.54. The minimum Gasteiger partial charge on any atom is -0.389 e. The summed E-state index contributed by atoms with van der Waals surface area (Å²) in [6.45, 7) is 3.71. The maximum atomic E-state index is 13.0. The fourth-order valence-corrected chi connectivity index (χ4v) is 6.90. The largest absolute Gasteiger partial charge is 0.416 e. The van der Waals surface area contributed by atoms with E-state index in [2.05, 4.69) is 4.90 Å². The SMILES string of the molecule is O[C@H](COC12CC3CC(CC(C3)C1)C2)CN1CCN(c2cccc(C(F)(F)F)c2)CC1. The van der Waals surface area contributed by atoms with Gasteiger partial charge in [0.25, 0.3) is 0 Å². The second kappa shape index (κ2) is 8.23. The number of piperazine rings is 1. The molecule has 4 saturated carbocycles. The van der Waals surface area contributed by atoms with Crippen molar-refractivity contribution in [3.8, 4) is 0 Å². The number of alkyl halides is 3. The molecule has 0 aromatic heterocycles. The zero-order chi connectivity index (χ0) is 21.6. The zero-order valence-electron chi connectivity index (χ0n) is 18.0. The number of β-amino-alcohol motifs (C(OH)–C–C–N with tert-alkyl or cyclic N) is 1. The van der Waals surface area contributed by atoms with Gasteiger partial charge in [0.05, 0.1) is 23.9 Å². The molecule has 5 aliphatic rings. The van der Waals surface area contributed by atoms with Crippen LogP contribution in [0.25, 0.3) is 0 Å². The predicted molar refractivity (Wildman–Crippen MR) is 113 cm³/mol. The van der Waals surface area contributed by atoms with E-state index in [1.165, 1.54) is 50.7 Å². The Labute approximate surface area is 182 Å². The fourth-order valence-electron chi connectivity index (χ4n) is 6.90. The topological polar surface area (TPSA) is 35.9 Å². The molecular formula is C24H33F3N2O2. The molecule has 1 saturated heterocycles. The van der Waals surface area contributed by atoms with Gasteiger partial charge in [0.15, 0.2) is 0 Å². The molecular weight excluding hydrogens is 405 g/mol. The van der Waals surface area contributed by atoms with Crippen LogP contribution in [0.1, 0.15) is 44.1 Å². The van der Waals surface area contributed by atoms with E-state index in [0.717, 1.165) is 36.9 Å². The Morgan fingerprint density at radius 3 is 2.19 bits per heavy atom. The molecule has 1 atom stereocenters. The van der Waals surface area contributed by atoms with Gasteiger partial charge in [0.1, 0.15) is 0 Å². The van der Waals surface area contributed by atoms with Crippen molar-refractivity contribution in [3.63, 3.8) is 0 Å². The van der Waals surface area contributed by atoms with Crippen molar-refractivity contribution in [3.05, 3.63) is 29.8 Å². The Morgan fingerprint density at radius 1 is 1.00 bits per heavy atom. The van der Waals surface area contributed by atoms with Crippen molar-refractivity contribution < 1.29 is 23.0 Å². The van der Waals surface area contributed by atoms with Crippen LogP contribution in [0.3, 0.4) is 0 Å². The molecule has 4 bridgehead atoms. The number of hydrogen-bond acceptors (Lipinski definition) is 4. The van der Waals surface area contributed by atoms with Crippen LogP contribution in [-0.4, -0.2) is 61.0 Å². The molecule has 0 amide bonds. The quantitative estimate of drug-likeness (QED) is 0.723. The molecule has 1 heterocycles. The average molecular weight is 439 g/mol. The van der Waals surface area contributed by atoms with Crippen LogP contribution in [0.5, 0.6) is 0 Å². The maximum absolute atomic E-state index is 13.0. The minimum atomic E-state index is -4.32. The number of benzene rings is 1. The number of halogens is 3. The lowest BCUT2D eigenvalue weighted by Gasteiger charge is -2.56. The number of nitrogens with zero attached hydrogens (tertiary/aromatic N) is 2. The highest BCUT2D eigenvalue weighted by molar-refractivity contribution is 5.49. The predicted octanol–water partition coefficient (Wildman–Crippen LogP) is 4.17. The van der Waals surface area contributed by atoms with Crippen LogP contribution in [-0.2, 0) is 10.9 Å². The van der Waals surface area contributed by atoms with Gasteiger partial charge in [-0.05, 0) is 74.5 Å². The molecule has 172 valence electrons. The van der Waals surface area contributed by atoms with E-state index in [9.17, 15) is 18.3 Å². The number of hydrogen-bond donors (Lipinski definition) is 1. The van der Waals surface area contributed by atoms with Crippen LogP contribution in [0.4, 0.5) is 18.9 Å². The van der Waals surface area contributed by atoms with Gasteiger partial charge in [0, 0.05) is 38.4 Å². The van der Waals surface area contributed by atoms with Crippen molar-refractivity contribution in [2.75, 3.05) is 44.2 Å². The van der Waals surface area contributed by atoms with Crippen molar-refractivity contribution in [1.29, 1.82) is 0 Å². The van der Waals surface area contributed by atoms with Crippen LogP contribution >= 0.6 is 0 Å². The molecule has 7 heteroatoms. The van der Waals surface area contributed by atoms with Gasteiger partial charge in [-0.25, -0.2) is 0 Å². The van der Waals surface area contributed by atoms with E-state index in [4.69, 9.17) is 4.74 Å². The van der Waals surface area contributed by atoms with E-state index in [1.54, 1.807) is 6.07 Å². The first-order chi connectivity index (χ1) is 14.8. The highest BCUT2D eigenvalue weighted by Crippen LogP contribution is 2.57. The van der Waals surface area contributed by atoms with Crippen molar-refractivity contribution in [2.45, 2.75) is 56.4 Å². The van der Waals surface area contributed by atoms with Gasteiger partial charge in [-0.2, -0.15) is 13.2 Å². The summed E-state index contributed by atoms with van der Waals surface area (Å²) in [5.74, 6) is 2.48. The van der Waals surface area contributed by atoms with Crippen LogP contribution in [0.2, 0.25) is 0 Å². The fraction of sp³-hybridized carbons (Fsp3) is 0.750. The number of ether oxygens (including phenoxy) is 1. The summed E-state index contributed by atoms with van der Waals surface area (Å²) >= 11 is 0. The first-order valence-electron chi connectivity index (χ1n) is 11.7. The second-order valence-electron chi connectivity index (χ2n) is 10.4. The number of rotatable bonds is 6. The molecule has 0 spiro atoms. The second-order valence-corrected chi connectivity index (χ2v) is 10.4. The lowest BCUT2D eigenvalue weighted by atomic mass is 9.54. The molecule has 0 unspecified atom stereocenters. The number of anilines is 1. The monoisotopic (exact) mass is 438 g/mol. The average Bonchev–Trinajstić information content (AvgIpc) is 2.72. The summed E-state index contributed by atoms with van der Waals surface area (Å²) in [6.07, 6.45) is 2.79. The van der Waals surface area contributed by atoms with Gasteiger partial charge < -0.3 is 14.7 Å². The Hall–Kier alpha value is -1.31. The van der Waals surface area contributed by atoms with Crippen molar-refractivity contribution >= 4 is 5.69 Å². The third-order valence-electron chi connectivity index (χ3n) is 7.94. The third-order valence-corrected chi connectivity index (χ3v) is 7.94. The van der Waals surface area contributed by atoms with Gasteiger partial charge in [-0.1, -0.05) is 6.07 Å². The van der Waals surface area contributed by atoms with Gasteiger partial charge in [-0.15, -0.1) is 0 Å². The van der Waals surface area contributed by atoms with Gasteiger partial charge >= 0.3 is 6.18 Å². The minimum absolute atomic E-state index is 0.0118. The molecule has 4 aliphatic carbocycles. The molecule has 5 fully saturated rings. The smallest absolute Gasteiger partial charge is 0.389 e. The van der Waals surface area contributed by atoms with E-state index in [1.807, 2.05) is 4.90 Å². The van der Waals surface area contributed by atoms with Crippen LogP contribution < -0.4 is 4.90 Å². The van der Waals surface area contributed by atoms with E-state index in [-0.39, 0.29) is 5.60 Å². The molecule has 4 nitrogen and oxygen atoms in total. The standard InChI is InChI=1S/C24H33F3N2O2/c25-24(26,27)20-2-1-3-21(11-20)29-6-4-28(5-7-29)15-22(30)16-31-23-12-17-8-18(13-23)10-19(9-17)14-23/h1-3,11,17-19,22,30H,4-10,12-16H2/t17?,18?,19?,22-,23?/m0/s1. The Bertz CT molecular complexity index is 741. The maximum Gasteiger partial charge on any atom is 0.416 e. The van der Waals surface area contributed by atoms with E-state index < -0.39 is 17.8 Å². The highest BCUT2D eigenvalue weighted by Gasteiger charge is 2.51. The van der Waals surface area contributed by atoms with Crippen molar-refractivity contribution in [1.82, 2.24) is 4.90 Å². The molecule has 1 N–H and O–H groups in total. The van der Waals surface area contributed by atoms with Gasteiger partial charge in [-0.3, -0.25) is 4.90 Å². The Balaban J connectivity index is 1.09. The molecule has 0 radical (unpaired) electrons. The zero-order valence-corrected chi connectivity index (χ0v) is 18.0. The molecule has 1 aromatic carbocycles. The summed E-state index contributed by atoms with van der Waals surface area (Å²) in [5, 5.41) is 10.6. The highest BCUT2D eigenvalue weighted by atomic mass is 19.4. The first kappa shape index (κ1) is 21.5. The summed E-state index contributed by atoms with van der Waals surface area (Å²) in [7, 11) is 0. The molecule has 31 heavy (non-hydrogen) atoms. The normalized spacial score (nSPS) is 34.3. The van der Waals surface area contributed by atoms with E-state index >= 15 is 0 Å². The molecule has 6 rings (SSSR count). The Morgan fingerprint density at radius 2 is 1.61 bits per heavy atom. The Kier molecular flexibility index (Phi) is 5.72. The first-order valence-corrected chi connectivity index (χ1v) is 11.7. The summed E-state index contributed by atoms with van der Waals surface area (Å²) < 4.78 is 45.3. The van der Waals surface area contributed by atoms with Gasteiger partial charge in [0.2, 0.25) is 0 Å². The summed E-state index contributed by atoms with van der Waals surface area (Å²) in [5.41, 5.74) is 0.0163. The van der Waals surface area contributed by atoms with Crippen LogP contribution in [0, 0.1) is 17.8 Å². The third kappa shape index (κ3) is 4.74. The number of aliphatic hydroxyl groups is 1. The lowest BCUT2D eigenvalue weighted by Crippen LogP contribution is -2.53. The summed E-state index contributed by atoms with van der Waals surface area (Å²) in [4.78, 5) is 4.18. The lowest BCUT2D eigenvalue weighted by molar-refractivity contribution is -0.176. The van der Waals surface area contributed by atoms with Crippen molar-refractivity contribution in [2.24, 2.45) is 17.8 Å². The number of aliphatic hydroxyl groups excluding tert-OH is 1. The van der Waals surface area contributed by atoms with Crippen LogP contribution in [0.15, 0.2) is 24.3 Å². The molecule has 1 aromatic rings.